The van der Waals surface area contributed by atoms with Crippen LogP contribution in [0.4, 0.5) is 16.4 Å². The molecule has 0 spiro atoms. The average Bonchev–Trinajstić information content (AvgIpc) is 3.04. The summed E-state index contributed by atoms with van der Waals surface area (Å²) in [5.41, 5.74) is 2.69. The first-order chi connectivity index (χ1) is 13.1. The summed E-state index contributed by atoms with van der Waals surface area (Å²) < 4.78 is 4.92. The number of nitrogens with one attached hydrogen (secondary N) is 3. The molecule has 2 aromatic rings. The predicted molar refractivity (Wildman–Crippen MR) is 103 cm³/mol. The number of rotatable bonds is 3. The summed E-state index contributed by atoms with van der Waals surface area (Å²) in [5.74, 6) is -1.41. The molecule has 1 aromatic carbocycles. The van der Waals surface area contributed by atoms with Gasteiger partial charge in [-0.25, -0.2) is 4.79 Å². The number of carbonyl (C=O) groups is 3. The molecule has 140 valence electrons. The van der Waals surface area contributed by atoms with Gasteiger partial charge in [0, 0.05) is 4.88 Å². The van der Waals surface area contributed by atoms with Gasteiger partial charge in [0.05, 0.1) is 24.0 Å². The SMILES string of the molecule is COC(=O)c1c(NC(=O)[C@H]2Nc3ccccc3NC2=O)sc2c1CCCC2. The molecule has 1 aliphatic carbocycles. The fourth-order valence-electron chi connectivity index (χ4n) is 3.48. The van der Waals surface area contributed by atoms with Crippen molar-refractivity contribution in [2.45, 2.75) is 31.7 Å². The average molecular weight is 385 g/mol. The zero-order valence-electron chi connectivity index (χ0n) is 14.8. The summed E-state index contributed by atoms with van der Waals surface area (Å²) in [5, 5.41) is 8.90. The maximum absolute atomic E-state index is 12.8. The van der Waals surface area contributed by atoms with Crippen LogP contribution in [0, 0.1) is 0 Å². The lowest BCUT2D eigenvalue weighted by Gasteiger charge is -2.25. The Labute approximate surface area is 160 Å². The van der Waals surface area contributed by atoms with Gasteiger partial charge >= 0.3 is 5.97 Å². The molecule has 0 bridgehead atoms. The van der Waals surface area contributed by atoms with Gasteiger partial charge in [0.1, 0.15) is 5.00 Å². The van der Waals surface area contributed by atoms with E-state index in [1.807, 2.05) is 6.07 Å². The smallest absolute Gasteiger partial charge is 0.341 e. The van der Waals surface area contributed by atoms with Gasteiger partial charge in [-0.2, -0.15) is 0 Å². The number of benzene rings is 1. The fraction of sp³-hybridized carbons (Fsp3) is 0.316. The molecule has 0 unspecified atom stereocenters. The van der Waals surface area contributed by atoms with Crippen LogP contribution in [0.25, 0.3) is 0 Å². The van der Waals surface area contributed by atoms with Crippen molar-refractivity contribution in [3.05, 3.63) is 40.3 Å². The normalized spacial score (nSPS) is 17.8. The lowest BCUT2D eigenvalue weighted by Crippen LogP contribution is -2.47. The zero-order valence-corrected chi connectivity index (χ0v) is 15.6. The third-order valence-electron chi connectivity index (χ3n) is 4.81. The summed E-state index contributed by atoms with van der Waals surface area (Å²) in [6.45, 7) is 0. The van der Waals surface area contributed by atoms with Crippen molar-refractivity contribution in [3.63, 3.8) is 0 Å². The van der Waals surface area contributed by atoms with Gasteiger partial charge < -0.3 is 20.7 Å². The highest BCUT2D eigenvalue weighted by Gasteiger charge is 2.34. The number of para-hydroxylation sites is 2. The molecule has 0 saturated carbocycles. The van der Waals surface area contributed by atoms with Crippen molar-refractivity contribution in [1.29, 1.82) is 0 Å². The van der Waals surface area contributed by atoms with Gasteiger partial charge in [-0.05, 0) is 43.4 Å². The molecule has 2 amide bonds. The van der Waals surface area contributed by atoms with Crippen LogP contribution in [0.2, 0.25) is 0 Å². The summed E-state index contributed by atoms with van der Waals surface area (Å²) >= 11 is 1.39. The first-order valence-electron chi connectivity index (χ1n) is 8.78. The number of hydrogen-bond donors (Lipinski definition) is 3. The molecule has 7 nitrogen and oxygen atoms in total. The largest absolute Gasteiger partial charge is 0.465 e. The predicted octanol–water partition coefficient (Wildman–Crippen LogP) is 2.78. The van der Waals surface area contributed by atoms with Crippen LogP contribution in [-0.4, -0.2) is 30.9 Å². The van der Waals surface area contributed by atoms with Crippen LogP contribution < -0.4 is 16.0 Å². The minimum absolute atomic E-state index is 0.419. The van der Waals surface area contributed by atoms with E-state index >= 15 is 0 Å². The number of ether oxygens (including phenoxy) is 1. The van der Waals surface area contributed by atoms with Gasteiger partial charge in [-0.3, -0.25) is 9.59 Å². The maximum Gasteiger partial charge on any atom is 0.341 e. The molecule has 0 saturated heterocycles. The highest BCUT2D eigenvalue weighted by atomic mass is 32.1. The molecule has 1 atom stereocenters. The van der Waals surface area contributed by atoms with E-state index in [4.69, 9.17) is 4.74 Å². The third kappa shape index (κ3) is 3.16. The number of anilines is 3. The zero-order chi connectivity index (χ0) is 19.0. The van der Waals surface area contributed by atoms with Gasteiger partial charge in [-0.15, -0.1) is 11.3 Å². The molecule has 0 fully saturated rings. The number of fused-ring (bicyclic) bond motifs is 2. The van der Waals surface area contributed by atoms with E-state index < -0.39 is 23.8 Å². The van der Waals surface area contributed by atoms with Crippen molar-refractivity contribution in [2.24, 2.45) is 0 Å². The molecule has 2 aliphatic rings. The van der Waals surface area contributed by atoms with Gasteiger partial charge in [0.2, 0.25) is 0 Å². The molecular formula is C19H19N3O4S. The highest BCUT2D eigenvalue weighted by molar-refractivity contribution is 7.17. The Hall–Kier alpha value is -2.87. The van der Waals surface area contributed by atoms with E-state index in [0.29, 0.717) is 21.9 Å². The van der Waals surface area contributed by atoms with E-state index in [2.05, 4.69) is 16.0 Å². The Morgan fingerprint density at radius 1 is 1.19 bits per heavy atom. The molecular weight excluding hydrogens is 366 g/mol. The molecule has 4 rings (SSSR count). The van der Waals surface area contributed by atoms with Crippen LogP contribution >= 0.6 is 11.3 Å². The number of esters is 1. The third-order valence-corrected chi connectivity index (χ3v) is 6.01. The van der Waals surface area contributed by atoms with E-state index in [1.165, 1.54) is 18.4 Å². The van der Waals surface area contributed by atoms with Gasteiger partial charge in [-0.1, -0.05) is 12.1 Å². The second kappa shape index (κ2) is 7.03. The molecule has 2 heterocycles. The van der Waals surface area contributed by atoms with Crippen LogP contribution in [-0.2, 0) is 27.2 Å². The maximum atomic E-state index is 12.8. The first kappa shape index (κ1) is 17.5. The summed E-state index contributed by atoms with van der Waals surface area (Å²) in [7, 11) is 1.33. The first-order valence-corrected chi connectivity index (χ1v) is 9.60. The molecule has 0 radical (unpaired) electrons. The number of hydrogen-bond acceptors (Lipinski definition) is 6. The Morgan fingerprint density at radius 2 is 1.93 bits per heavy atom. The Bertz CT molecular complexity index is 937. The molecule has 3 N–H and O–H groups in total. The quantitative estimate of drug-likeness (QED) is 0.558. The Balaban J connectivity index is 1.61. The number of thiophene rings is 1. The van der Waals surface area contributed by atoms with Crippen LogP contribution in [0.5, 0.6) is 0 Å². The second-order valence-electron chi connectivity index (χ2n) is 6.51. The minimum atomic E-state index is -1.08. The van der Waals surface area contributed by atoms with E-state index in [-0.39, 0.29) is 0 Å². The molecule has 1 aliphatic heterocycles. The fourth-order valence-corrected chi connectivity index (χ4v) is 4.76. The van der Waals surface area contributed by atoms with Crippen molar-refractivity contribution in [2.75, 3.05) is 23.1 Å². The topological polar surface area (TPSA) is 96.5 Å². The van der Waals surface area contributed by atoms with Crippen molar-refractivity contribution >= 4 is 45.5 Å². The number of amides is 2. The lowest BCUT2D eigenvalue weighted by molar-refractivity contribution is -0.125. The summed E-state index contributed by atoms with van der Waals surface area (Å²) in [6, 6.07) is 6.10. The molecule has 27 heavy (non-hydrogen) atoms. The van der Waals surface area contributed by atoms with Crippen LogP contribution in [0.1, 0.15) is 33.6 Å². The molecule has 8 heteroatoms. The van der Waals surface area contributed by atoms with Crippen LogP contribution in [0.3, 0.4) is 0 Å². The highest BCUT2D eigenvalue weighted by Crippen LogP contribution is 2.38. The monoisotopic (exact) mass is 385 g/mol. The Morgan fingerprint density at radius 3 is 2.70 bits per heavy atom. The van der Waals surface area contributed by atoms with E-state index in [1.54, 1.807) is 18.2 Å². The summed E-state index contributed by atoms with van der Waals surface area (Å²) in [6.07, 6.45) is 3.74. The standard InChI is InChI=1S/C19H19N3O4S/c1-26-19(25)14-10-6-2-5-9-13(10)27-18(14)22-17(24)15-16(23)21-12-8-4-3-7-11(12)20-15/h3-4,7-8,15,20H,2,5-6,9H2,1H3,(H,21,23)(H,22,24)/t15-/m0/s1. The van der Waals surface area contributed by atoms with E-state index in [9.17, 15) is 14.4 Å². The summed E-state index contributed by atoms with van der Waals surface area (Å²) in [4.78, 5) is 38.5. The Kier molecular flexibility index (Phi) is 4.57. The molecule has 1 aromatic heterocycles. The second-order valence-corrected chi connectivity index (χ2v) is 7.61. The lowest BCUT2D eigenvalue weighted by atomic mass is 9.95. The van der Waals surface area contributed by atoms with Crippen molar-refractivity contribution in [1.82, 2.24) is 0 Å². The van der Waals surface area contributed by atoms with Crippen LogP contribution in [0.15, 0.2) is 24.3 Å². The van der Waals surface area contributed by atoms with Gasteiger partial charge in [0.15, 0.2) is 6.04 Å². The number of methoxy groups -OCH3 is 1. The van der Waals surface area contributed by atoms with E-state index in [0.717, 1.165) is 36.1 Å². The van der Waals surface area contributed by atoms with Gasteiger partial charge in [0.25, 0.3) is 11.8 Å². The number of carbonyl (C=O) groups excluding carboxylic acids is 3. The van der Waals surface area contributed by atoms with Crippen molar-refractivity contribution in [3.8, 4) is 0 Å². The van der Waals surface area contributed by atoms with Crippen molar-refractivity contribution < 1.29 is 19.1 Å². The minimum Gasteiger partial charge on any atom is -0.465 e. The number of aryl methyl sites for hydroxylation is 1.